The van der Waals surface area contributed by atoms with Gasteiger partial charge in [-0.15, -0.1) is 11.6 Å². The van der Waals surface area contributed by atoms with Gasteiger partial charge >= 0.3 is 0 Å². The summed E-state index contributed by atoms with van der Waals surface area (Å²) in [6.07, 6.45) is 0. The molecule has 0 spiro atoms. The minimum Gasteiger partial charge on any atom is -0.495 e. The predicted octanol–water partition coefficient (Wildman–Crippen LogP) is 6.40. The lowest BCUT2D eigenvalue weighted by Gasteiger charge is -2.18. The summed E-state index contributed by atoms with van der Waals surface area (Å²) in [5.41, 5.74) is 2.59. The van der Waals surface area contributed by atoms with Gasteiger partial charge in [0.05, 0.1) is 17.0 Å². The fourth-order valence-electron chi connectivity index (χ4n) is 2.02. The summed E-state index contributed by atoms with van der Waals surface area (Å²) in [4.78, 5) is 0. The Morgan fingerprint density at radius 3 is 2.50 bits per heavy atom. The maximum absolute atomic E-state index is 6.59. The van der Waals surface area contributed by atoms with E-state index in [0.717, 1.165) is 21.2 Å². The molecule has 0 saturated carbocycles. The van der Waals surface area contributed by atoms with Gasteiger partial charge in [0, 0.05) is 15.6 Å². The van der Waals surface area contributed by atoms with Crippen molar-refractivity contribution in [1.82, 2.24) is 0 Å². The van der Waals surface area contributed by atoms with Gasteiger partial charge in [-0.1, -0.05) is 41.4 Å². The van der Waals surface area contributed by atoms with Gasteiger partial charge in [0.25, 0.3) is 0 Å². The summed E-state index contributed by atoms with van der Waals surface area (Å²) >= 11 is 22.5. The Morgan fingerprint density at radius 1 is 1.15 bits per heavy atom. The summed E-state index contributed by atoms with van der Waals surface area (Å²) in [5.74, 6) is 0.659. The number of methoxy groups -OCH3 is 1. The molecule has 2 rings (SSSR count). The van der Waals surface area contributed by atoms with Gasteiger partial charge < -0.3 is 4.74 Å². The smallest absolute Gasteiger partial charge is 0.138 e. The molecule has 0 saturated heterocycles. The van der Waals surface area contributed by atoms with E-state index < -0.39 is 5.38 Å². The molecule has 0 fully saturated rings. The molecule has 0 aliphatic heterocycles. The molecular formula is C15H12BrCl3O. The number of hydrogen-bond donors (Lipinski definition) is 0. The van der Waals surface area contributed by atoms with E-state index in [2.05, 4.69) is 15.9 Å². The number of aryl methyl sites for hydroxylation is 1. The minimum absolute atomic E-state index is 0.438. The van der Waals surface area contributed by atoms with Crippen molar-refractivity contribution < 1.29 is 4.74 Å². The highest BCUT2D eigenvalue weighted by atomic mass is 79.9. The van der Waals surface area contributed by atoms with E-state index in [4.69, 9.17) is 39.5 Å². The normalized spacial score (nSPS) is 12.3. The summed E-state index contributed by atoms with van der Waals surface area (Å²) in [7, 11) is 1.60. The Hall–Kier alpha value is -0.410. The Balaban J connectivity index is 2.58. The molecule has 5 heteroatoms. The van der Waals surface area contributed by atoms with Gasteiger partial charge in [0.15, 0.2) is 0 Å². The van der Waals surface area contributed by atoms with Gasteiger partial charge in [0.2, 0.25) is 0 Å². The van der Waals surface area contributed by atoms with E-state index in [-0.39, 0.29) is 0 Å². The molecule has 0 aliphatic rings. The molecule has 1 atom stereocenters. The number of alkyl halides is 1. The van der Waals surface area contributed by atoms with Crippen LogP contribution < -0.4 is 4.74 Å². The second-order valence-electron chi connectivity index (χ2n) is 4.35. The number of halogens is 4. The minimum atomic E-state index is -0.438. The van der Waals surface area contributed by atoms with Crippen molar-refractivity contribution in [3.63, 3.8) is 0 Å². The van der Waals surface area contributed by atoms with Crippen LogP contribution >= 0.6 is 50.7 Å². The zero-order valence-electron chi connectivity index (χ0n) is 10.9. The van der Waals surface area contributed by atoms with E-state index in [1.807, 2.05) is 25.1 Å². The van der Waals surface area contributed by atoms with Gasteiger partial charge in [-0.05, 0) is 46.1 Å². The van der Waals surface area contributed by atoms with Crippen molar-refractivity contribution >= 4 is 50.7 Å². The SMILES string of the molecule is COc1c(Br)cc(Cl)cc1C(Cl)c1cccc(C)c1Cl. The number of hydrogen-bond acceptors (Lipinski definition) is 1. The van der Waals surface area contributed by atoms with E-state index in [9.17, 15) is 0 Å². The molecule has 0 bridgehead atoms. The molecule has 106 valence electrons. The van der Waals surface area contributed by atoms with Crippen LogP contribution in [0.25, 0.3) is 0 Å². The first-order valence-electron chi connectivity index (χ1n) is 5.87. The molecular weight excluding hydrogens is 382 g/mol. The molecule has 0 radical (unpaired) electrons. The maximum atomic E-state index is 6.59. The van der Waals surface area contributed by atoms with Crippen molar-refractivity contribution in [2.75, 3.05) is 7.11 Å². The highest BCUT2D eigenvalue weighted by Gasteiger charge is 2.21. The van der Waals surface area contributed by atoms with Crippen LogP contribution in [0.2, 0.25) is 10.0 Å². The first-order valence-corrected chi connectivity index (χ1v) is 7.86. The van der Waals surface area contributed by atoms with Gasteiger partial charge in [-0.25, -0.2) is 0 Å². The largest absolute Gasteiger partial charge is 0.495 e. The quantitative estimate of drug-likeness (QED) is 0.547. The van der Waals surface area contributed by atoms with Crippen LogP contribution in [-0.2, 0) is 0 Å². The van der Waals surface area contributed by atoms with Crippen LogP contribution in [0.1, 0.15) is 22.1 Å². The Morgan fingerprint density at radius 2 is 1.85 bits per heavy atom. The average Bonchev–Trinajstić information content (AvgIpc) is 2.40. The van der Waals surface area contributed by atoms with Crippen LogP contribution in [0.5, 0.6) is 5.75 Å². The monoisotopic (exact) mass is 392 g/mol. The Labute approximate surface area is 141 Å². The lowest BCUT2D eigenvalue weighted by atomic mass is 10.0. The van der Waals surface area contributed by atoms with Crippen molar-refractivity contribution in [3.05, 3.63) is 61.5 Å². The zero-order valence-corrected chi connectivity index (χ0v) is 14.7. The summed E-state index contributed by atoms with van der Waals surface area (Å²) in [6, 6.07) is 9.34. The number of ether oxygens (including phenoxy) is 1. The summed E-state index contributed by atoms with van der Waals surface area (Å²) in [6.45, 7) is 1.95. The van der Waals surface area contributed by atoms with Gasteiger partial charge in [-0.2, -0.15) is 0 Å². The summed E-state index contributed by atoms with van der Waals surface area (Å²) < 4.78 is 6.17. The van der Waals surface area contributed by atoms with E-state index in [1.54, 1.807) is 19.2 Å². The van der Waals surface area contributed by atoms with Crippen molar-refractivity contribution in [1.29, 1.82) is 0 Å². The third kappa shape index (κ3) is 3.09. The molecule has 0 N–H and O–H groups in total. The van der Waals surface area contributed by atoms with Crippen LogP contribution in [0.4, 0.5) is 0 Å². The fourth-order valence-corrected chi connectivity index (χ4v) is 3.65. The van der Waals surface area contributed by atoms with Crippen LogP contribution in [0.3, 0.4) is 0 Å². The Bertz CT molecular complexity index is 643. The maximum Gasteiger partial charge on any atom is 0.138 e. The number of benzene rings is 2. The van der Waals surface area contributed by atoms with E-state index >= 15 is 0 Å². The fraction of sp³-hybridized carbons (Fsp3) is 0.200. The van der Waals surface area contributed by atoms with Crippen molar-refractivity contribution in [2.45, 2.75) is 12.3 Å². The van der Waals surface area contributed by atoms with Gasteiger partial charge in [0.1, 0.15) is 5.75 Å². The lowest BCUT2D eigenvalue weighted by Crippen LogP contribution is -2.00. The zero-order chi connectivity index (χ0) is 14.9. The third-order valence-corrected chi connectivity index (χ3v) is 4.80. The van der Waals surface area contributed by atoms with E-state index in [0.29, 0.717) is 15.8 Å². The molecule has 2 aromatic carbocycles. The number of rotatable bonds is 3. The van der Waals surface area contributed by atoms with Crippen LogP contribution in [0, 0.1) is 6.92 Å². The van der Waals surface area contributed by atoms with Crippen LogP contribution in [-0.4, -0.2) is 7.11 Å². The first kappa shape index (κ1) is 16.0. The molecule has 0 aromatic heterocycles. The second-order valence-corrected chi connectivity index (χ2v) is 6.46. The second kappa shape index (κ2) is 6.57. The van der Waals surface area contributed by atoms with Crippen molar-refractivity contribution in [3.8, 4) is 5.75 Å². The molecule has 20 heavy (non-hydrogen) atoms. The summed E-state index contributed by atoms with van der Waals surface area (Å²) in [5, 5.41) is 0.806. The molecule has 0 amide bonds. The third-order valence-electron chi connectivity index (χ3n) is 3.01. The predicted molar refractivity (Wildman–Crippen MR) is 89.6 cm³/mol. The molecule has 1 unspecified atom stereocenters. The highest BCUT2D eigenvalue weighted by Crippen LogP contribution is 2.43. The highest BCUT2D eigenvalue weighted by molar-refractivity contribution is 9.10. The molecule has 1 nitrogen and oxygen atoms in total. The van der Waals surface area contributed by atoms with Gasteiger partial charge in [-0.3, -0.25) is 0 Å². The average molecular weight is 395 g/mol. The van der Waals surface area contributed by atoms with E-state index in [1.165, 1.54) is 0 Å². The first-order chi connectivity index (χ1) is 9.45. The standard InChI is InChI=1S/C15H12BrCl3O/c1-8-4-3-5-10(13(8)18)14(19)11-6-9(17)7-12(16)15(11)20-2/h3-7,14H,1-2H3. The van der Waals surface area contributed by atoms with Crippen LogP contribution in [0.15, 0.2) is 34.8 Å². The topological polar surface area (TPSA) is 9.23 Å². The molecule has 2 aromatic rings. The van der Waals surface area contributed by atoms with Crippen molar-refractivity contribution in [2.24, 2.45) is 0 Å². The molecule has 0 heterocycles. The molecule has 0 aliphatic carbocycles. The lowest BCUT2D eigenvalue weighted by molar-refractivity contribution is 0.407. The Kier molecular flexibility index (Phi) is 5.25.